The van der Waals surface area contributed by atoms with Gasteiger partial charge in [-0.15, -0.1) is 0 Å². The van der Waals surface area contributed by atoms with E-state index in [-0.39, 0.29) is 0 Å². The Morgan fingerprint density at radius 1 is 1.00 bits per heavy atom. The lowest BCUT2D eigenvalue weighted by Gasteiger charge is -2.14. The molecule has 1 aliphatic heterocycles. The normalized spacial score (nSPS) is 20.5. The Morgan fingerprint density at radius 2 is 1.45 bits per heavy atom. The minimum atomic E-state index is 1.21. The van der Waals surface area contributed by atoms with Crippen LogP contribution in [0.5, 0.6) is 0 Å². The first-order chi connectivity index (χ1) is 5.36. The summed E-state index contributed by atoms with van der Waals surface area (Å²) in [6.07, 6.45) is 2.58. The van der Waals surface area contributed by atoms with Gasteiger partial charge in [-0.2, -0.15) is 0 Å². The van der Waals surface area contributed by atoms with E-state index in [1.165, 1.54) is 46.6 Å². The molecule has 1 saturated heterocycles. The van der Waals surface area contributed by atoms with Gasteiger partial charge in [0.2, 0.25) is 0 Å². The van der Waals surface area contributed by atoms with E-state index in [2.05, 4.69) is 23.5 Å². The molecule has 1 heterocycles. The molecule has 0 aromatic rings. The van der Waals surface area contributed by atoms with Gasteiger partial charge in [0.05, 0.1) is 0 Å². The molecule has 1 fully saturated rings. The second kappa shape index (κ2) is 4.78. The van der Waals surface area contributed by atoms with Crippen molar-refractivity contribution in [2.45, 2.75) is 26.7 Å². The van der Waals surface area contributed by atoms with Crippen LogP contribution in [0.2, 0.25) is 0 Å². The average Bonchev–Trinajstić information content (AvgIpc) is 2.38. The Bertz CT molecular complexity index is 96.3. The molecule has 0 aliphatic carbocycles. The first kappa shape index (κ1) is 9.08. The zero-order valence-electron chi connectivity index (χ0n) is 7.84. The zero-order chi connectivity index (χ0) is 8.10. The monoisotopic (exact) mass is 154 g/mol. The van der Waals surface area contributed by atoms with Crippen LogP contribution in [0.1, 0.15) is 26.7 Å². The summed E-state index contributed by atoms with van der Waals surface area (Å²) in [5.74, 6) is 0. The Labute approximate surface area is 70.8 Å². The lowest BCUT2D eigenvalue weighted by atomic mass is 10.1. The first-order valence-electron chi connectivity index (χ1n) is 4.81. The molecule has 64 valence electrons. The van der Waals surface area contributed by atoms with Crippen molar-refractivity contribution in [1.29, 1.82) is 0 Å². The van der Waals surface area contributed by atoms with Crippen LogP contribution in [0.25, 0.3) is 0 Å². The SMILES string of the molecule is CCCN1BN(CCC)CC1. The van der Waals surface area contributed by atoms with Crippen LogP contribution in [-0.4, -0.2) is 43.4 Å². The number of nitrogens with zero attached hydrogens (tertiary/aromatic N) is 2. The van der Waals surface area contributed by atoms with E-state index in [1.807, 2.05) is 0 Å². The highest BCUT2D eigenvalue weighted by atomic mass is 15.3. The molecular weight excluding hydrogens is 135 g/mol. The molecule has 0 bridgehead atoms. The summed E-state index contributed by atoms with van der Waals surface area (Å²) < 4.78 is 0. The van der Waals surface area contributed by atoms with Crippen LogP contribution in [0, 0.1) is 0 Å². The summed E-state index contributed by atoms with van der Waals surface area (Å²) in [5.41, 5.74) is 0. The van der Waals surface area contributed by atoms with Crippen molar-refractivity contribution in [2.75, 3.05) is 26.2 Å². The van der Waals surface area contributed by atoms with E-state index in [1.54, 1.807) is 0 Å². The van der Waals surface area contributed by atoms with Crippen LogP contribution < -0.4 is 0 Å². The van der Waals surface area contributed by atoms with Crippen LogP contribution in [0.15, 0.2) is 0 Å². The van der Waals surface area contributed by atoms with E-state index >= 15 is 0 Å². The Morgan fingerprint density at radius 3 is 1.82 bits per heavy atom. The lowest BCUT2D eigenvalue weighted by molar-refractivity contribution is 0.461. The van der Waals surface area contributed by atoms with Crippen LogP contribution >= 0.6 is 0 Å². The summed E-state index contributed by atoms with van der Waals surface area (Å²) in [4.78, 5) is 5.07. The molecule has 0 atom stereocenters. The summed E-state index contributed by atoms with van der Waals surface area (Å²) in [7, 11) is 1.21. The molecular formula is C8H19BN2. The van der Waals surface area contributed by atoms with Gasteiger partial charge in [-0.3, -0.25) is 0 Å². The van der Waals surface area contributed by atoms with Gasteiger partial charge in [0, 0.05) is 13.1 Å². The van der Waals surface area contributed by atoms with Gasteiger partial charge in [-0.25, -0.2) is 0 Å². The van der Waals surface area contributed by atoms with E-state index in [0.717, 1.165) is 0 Å². The first-order valence-corrected chi connectivity index (χ1v) is 4.81. The van der Waals surface area contributed by atoms with Crippen molar-refractivity contribution in [3.8, 4) is 0 Å². The van der Waals surface area contributed by atoms with E-state index < -0.39 is 0 Å². The molecule has 0 aromatic carbocycles. The Hall–Kier alpha value is -0.0151. The maximum absolute atomic E-state index is 2.54. The van der Waals surface area contributed by atoms with Gasteiger partial charge in [0.25, 0.3) is 7.55 Å². The minimum absolute atomic E-state index is 1.21. The van der Waals surface area contributed by atoms with Crippen molar-refractivity contribution in [3.63, 3.8) is 0 Å². The fourth-order valence-corrected chi connectivity index (χ4v) is 1.70. The third-order valence-electron chi connectivity index (χ3n) is 2.21. The van der Waals surface area contributed by atoms with Gasteiger partial charge >= 0.3 is 0 Å². The van der Waals surface area contributed by atoms with Gasteiger partial charge in [-0.1, -0.05) is 13.8 Å². The summed E-state index contributed by atoms with van der Waals surface area (Å²) in [5, 5.41) is 0. The second-order valence-corrected chi connectivity index (χ2v) is 3.38. The lowest BCUT2D eigenvalue weighted by Crippen LogP contribution is -2.30. The molecule has 1 aliphatic rings. The highest BCUT2D eigenvalue weighted by Crippen LogP contribution is 2.02. The number of hydrogen-bond donors (Lipinski definition) is 0. The maximum atomic E-state index is 2.54. The predicted molar refractivity (Wildman–Crippen MR) is 50.9 cm³/mol. The number of rotatable bonds is 4. The smallest absolute Gasteiger partial charge is 0.291 e. The third kappa shape index (κ3) is 2.84. The molecule has 0 amide bonds. The maximum Gasteiger partial charge on any atom is 0.291 e. The van der Waals surface area contributed by atoms with Crippen LogP contribution in [0.3, 0.4) is 0 Å². The molecule has 0 saturated carbocycles. The minimum Gasteiger partial charge on any atom is -0.330 e. The average molecular weight is 154 g/mol. The summed E-state index contributed by atoms with van der Waals surface area (Å²) in [6.45, 7) is 9.63. The fraction of sp³-hybridized carbons (Fsp3) is 1.00. The summed E-state index contributed by atoms with van der Waals surface area (Å²) in [6, 6.07) is 0. The topological polar surface area (TPSA) is 6.48 Å². The molecule has 1 rings (SSSR count). The van der Waals surface area contributed by atoms with Crippen LogP contribution in [0.4, 0.5) is 0 Å². The van der Waals surface area contributed by atoms with Gasteiger partial charge in [0.1, 0.15) is 0 Å². The van der Waals surface area contributed by atoms with Crippen molar-refractivity contribution >= 4 is 7.55 Å². The predicted octanol–water partition coefficient (Wildman–Crippen LogP) is 0.690. The quantitative estimate of drug-likeness (QED) is 0.549. The third-order valence-corrected chi connectivity index (χ3v) is 2.21. The Kier molecular flexibility index (Phi) is 3.94. The van der Waals surface area contributed by atoms with E-state index in [9.17, 15) is 0 Å². The molecule has 3 heteroatoms. The molecule has 11 heavy (non-hydrogen) atoms. The molecule has 0 spiro atoms. The van der Waals surface area contributed by atoms with Gasteiger partial charge < -0.3 is 9.62 Å². The second-order valence-electron chi connectivity index (χ2n) is 3.38. The molecule has 0 unspecified atom stereocenters. The highest BCUT2D eigenvalue weighted by Gasteiger charge is 2.19. The fourth-order valence-electron chi connectivity index (χ4n) is 1.70. The zero-order valence-corrected chi connectivity index (χ0v) is 7.84. The van der Waals surface area contributed by atoms with Crippen molar-refractivity contribution in [2.24, 2.45) is 0 Å². The van der Waals surface area contributed by atoms with E-state index in [4.69, 9.17) is 0 Å². The van der Waals surface area contributed by atoms with E-state index in [0.29, 0.717) is 0 Å². The number of hydrogen-bond acceptors (Lipinski definition) is 2. The van der Waals surface area contributed by atoms with Gasteiger partial charge in [0.15, 0.2) is 0 Å². The van der Waals surface area contributed by atoms with Crippen LogP contribution in [-0.2, 0) is 0 Å². The van der Waals surface area contributed by atoms with Crippen molar-refractivity contribution < 1.29 is 0 Å². The molecule has 0 N–H and O–H groups in total. The largest absolute Gasteiger partial charge is 0.330 e. The van der Waals surface area contributed by atoms with Crippen molar-refractivity contribution in [3.05, 3.63) is 0 Å². The molecule has 0 aromatic heterocycles. The molecule has 2 nitrogen and oxygen atoms in total. The highest BCUT2D eigenvalue weighted by molar-refractivity contribution is 6.29. The summed E-state index contributed by atoms with van der Waals surface area (Å²) >= 11 is 0. The van der Waals surface area contributed by atoms with Gasteiger partial charge in [-0.05, 0) is 25.9 Å². The Balaban J connectivity index is 2.12. The molecule has 0 radical (unpaired) electrons. The van der Waals surface area contributed by atoms with Crippen molar-refractivity contribution in [1.82, 2.24) is 9.62 Å². The standard InChI is InChI=1S/C8H19BN2/c1-3-5-10-7-8-11(9-10)6-4-2/h9H,3-8H2,1-2H3.